The van der Waals surface area contributed by atoms with Crippen molar-refractivity contribution in [3.63, 3.8) is 0 Å². The number of hydrogen-bond acceptors (Lipinski definition) is 5. The number of aryl methyl sites for hydroxylation is 1. The fraction of sp³-hybridized carbons (Fsp3) is 0.240. The number of benzene rings is 2. The van der Waals surface area contributed by atoms with E-state index >= 15 is 0 Å². The molecule has 1 aromatic heterocycles. The molecule has 0 bridgehead atoms. The topological polar surface area (TPSA) is 67.8 Å². The Balaban J connectivity index is 1.67. The minimum atomic E-state index is -0.378. The first-order valence-electron chi connectivity index (χ1n) is 10.6. The van der Waals surface area contributed by atoms with Gasteiger partial charge in [0.25, 0.3) is 5.91 Å². The van der Waals surface area contributed by atoms with Gasteiger partial charge in [0, 0.05) is 33.7 Å². The van der Waals surface area contributed by atoms with Crippen molar-refractivity contribution in [1.29, 1.82) is 0 Å². The summed E-state index contributed by atoms with van der Waals surface area (Å²) in [7, 11) is 0. The number of fused-ring (bicyclic) bond motifs is 1. The summed E-state index contributed by atoms with van der Waals surface area (Å²) in [4.78, 5) is 30.9. The van der Waals surface area contributed by atoms with E-state index in [2.05, 4.69) is 50.5 Å². The number of esters is 1. The van der Waals surface area contributed by atoms with Gasteiger partial charge in [-0.3, -0.25) is 9.59 Å². The van der Waals surface area contributed by atoms with Crippen molar-refractivity contribution in [2.75, 3.05) is 0 Å². The van der Waals surface area contributed by atoms with Gasteiger partial charge in [-0.15, -0.1) is 11.3 Å². The first kappa shape index (κ1) is 24.3. The third kappa shape index (κ3) is 6.02. The summed E-state index contributed by atoms with van der Waals surface area (Å²) in [5, 5.41) is 3.77. The highest BCUT2D eigenvalue weighted by molar-refractivity contribution is 14.1. The van der Waals surface area contributed by atoms with E-state index in [1.807, 2.05) is 42.5 Å². The molecule has 33 heavy (non-hydrogen) atoms. The summed E-state index contributed by atoms with van der Waals surface area (Å²) < 4.78 is 7.30. The van der Waals surface area contributed by atoms with Crippen LogP contribution in [0, 0.1) is 7.14 Å². The molecule has 1 heterocycles. The number of thiophene rings is 1. The number of halogens is 2. The largest absolute Gasteiger partial charge is 0.425 e. The summed E-state index contributed by atoms with van der Waals surface area (Å²) in [6.07, 6.45) is 5.79. The average molecular weight is 684 g/mol. The van der Waals surface area contributed by atoms with Crippen LogP contribution in [0.3, 0.4) is 0 Å². The van der Waals surface area contributed by atoms with Crippen LogP contribution in [0.4, 0.5) is 5.00 Å². The number of carbonyl (C=O) groups is 2. The van der Waals surface area contributed by atoms with Crippen molar-refractivity contribution < 1.29 is 14.3 Å². The first-order valence-corrected chi connectivity index (χ1v) is 13.6. The molecule has 4 rings (SSSR count). The maximum atomic E-state index is 13.3. The Bertz CT molecular complexity index is 1220. The molecule has 0 spiro atoms. The zero-order chi connectivity index (χ0) is 23.4. The van der Waals surface area contributed by atoms with Crippen LogP contribution in [0.15, 0.2) is 47.5 Å². The second-order valence-electron chi connectivity index (χ2n) is 7.72. The summed E-state index contributed by atoms with van der Waals surface area (Å²) in [5.74, 6) is 0.0165. The van der Waals surface area contributed by atoms with Crippen LogP contribution in [0.5, 0.6) is 5.75 Å². The number of hydrogen-bond donors (Lipinski definition) is 1. The van der Waals surface area contributed by atoms with E-state index in [1.165, 1.54) is 11.8 Å². The molecule has 1 amide bonds. The maximum Gasteiger partial charge on any atom is 0.308 e. The lowest BCUT2D eigenvalue weighted by Crippen LogP contribution is -2.24. The zero-order valence-corrected chi connectivity index (χ0v) is 23.1. The molecule has 170 valence electrons. The number of nitrogens with zero attached hydrogens (tertiary/aromatic N) is 1. The monoisotopic (exact) mass is 684 g/mol. The first-order chi connectivity index (χ1) is 15.9. The van der Waals surface area contributed by atoms with E-state index in [0.29, 0.717) is 28.4 Å². The minimum Gasteiger partial charge on any atom is -0.425 e. The van der Waals surface area contributed by atoms with Gasteiger partial charge in [0.05, 0.1) is 9.13 Å². The lowest BCUT2D eigenvalue weighted by Gasteiger charge is -2.13. The number of nitrogens with one attached hydrogen (secondary N) is 1. The molecular weight excluding hydrogens is 662 g/mol. The van der Waals surface area contributed by atoms with Crippen molar-refractivity contribution in [3.05, 3.63) is 76.7 Å². The maximum absolute atomic E-state index is 13.3. The van der Waals surface area contributed by atoms with Crippen LogP contribution in [0.25, 0.3) is 0 Å². The Kier molecular flexibility index (Phi) is 8.18. The third-order valence-electron chi connectivity index (χ3n) is 5.28. The molecule has 1 aliphatic rings. The van der Waals surface area contributed by atoms with Gasteiger partial charge in [-0.25, -0.2) is 4.99 Å². The van der Waals surface area contributed by atoms with E-state index < -0.39 is 0 Å². The molecule has 0 atom stereocenters. The molecule has 0 radical (unpaired) electrons. The van der Waals surface area contributed by atoms with E-state index in [-0.39, 0.29) is 11.9 Å². The predicted octanol–water partition coefficient (Wildman–Crippen LogP) is 6.44. The highest BCUT2D eigenvalue weighted by atomic mass is 127. The Labute approximate surface area is 224 Å². The van der Waals surface area contributed by atoms with Crippen LogP contribution in [0.2, 0.25) is 0 Å². The van der Waals surface area contributed by atoms with Gasteiger partial charge >= 0.3 is 5.97 Å². The lowest BCUT2D eigenvalue weighted by molar-refractivity contribution is -0.131. The van der Waals surface area contributed by atoms with Crippen LogP contribution < -0.4 is 10.1 Å². The van der Waals surface area contributed by atoms with Gasteiger partial charge in [-0.2, -0.15) is 0 Å². The highest BCUT2D eigenvalue weighted by Gasteiger charge is 2.25. The smallest absolute Gasteiger partial charge is 0.308 e. The summed E-state index contributed by atoms with van der Waals surface area (Å²) >= 11 is 5.98. The normalized spacial score (nSPS) is 13.1. The predicted molar refractivity (Wildman–Crippen MR) is 149 cm³/mol. The van der Waals surface area contributed by atoms with Gasteiger partial charge in [0.1, 0.15) is 5.00 Å². The summed E-state index contributed by atoms with van der Waals surface area (Å²) in [5.41, 5.74) is 3.57. The van der Waals surface area contributed by atoms with Gasteiger partial charge in [-0.05, 0) is 94.1 Å². The number of amides is 1. The van der Waals surface area contributed by atoms with Gasteiger partial charge in [0.15, 0.2) is 5.75 Å². The molecule has 8 heteroatoms. The molecule has 0 aliphatic heterocycles. The fourth-order valence-electron chi connectivity index (χ4n) is 3.80. The van der Waals surface area contributed by atoms with E-state index in [1.54, 1.807) is 17.6 Å². The van der Waals surface area contributed by atoms with E-state index in [4.69, 9.17) is 9.73 Å². The van der Waals surface area contributed by atoms with Crippen LogP contribution in [-0.4, -0.2) is 18.1 Å². The Morgan fingerprint density at radius 3 is 2.67 bits per heavy atom. The van der Waals surface area contributed by atoms with Gasteiger partial charge in [0.2, 0.25) is 0 Å². The number of ether oxygens (including phenoxy) is 1. The third-order valence-corrected chi connectivity index (χ3v) is 7.90. The zero-order valence-electron chi connectivity index (χ0n) is 18.0. The molecule has 0 fully saturated rings. The quantitative estimate of drug-likeness (QED) is 0.141. The van der Waals surface area contributed by atoms with Crippen molar-refractivity contribution in [2.45, 2.75) is 39.2 Å². The molecule has 1 aliphatic carbocycles. The number of carbonyl (C=O) groups excluding carboxylic acids is 2. The van der Waals surface area contributed by atoms with Crippen molar-refractivity contribution in [3.8, 4) is 5.75 Å². The van der Waals surface area contributed by atoms with Crippen LogP contribution in [0.1, 0.15) is 51.7 Å². The summed E-state index contributed by atoms with van der Waals surface area (Å²) in [6.45, 7) is 1.86. The van der Waals surface area contributed by atoms with E-state index in [0.717, 1.165) is 44.0 Å². The van der Waals surface area contributed by atoms with E-state index in [9.17, 15) is 9.59 Å². The van der Waals surface area contributed by atoms with Crippen molar-refractivity contribution in [1.82, 2.24) is 5.32 Å². The Morgan fingerprint density at radius 2 is 1.91 bits per heavy atom. The highest BCUT2D eigenvalue weighted by Crippen LogP contribution is 2.40. The molecule has 5 nitrogen and oxygen atoms in total. The Hall–Kier alpha value is -1.79. The molecule has 1 N–H and O–H groups in total. The number of rotatable bonds is 6. The lowest BCUT2D eigenvalue weighted by atomic mass is 9.95. The molecule has 3 aromatic rings. The SMILES string of the molecule is CC(=O)Oc1c(I)cc(I)cc1C=Nc1sc2c(c1C(=O)NCc1ccccc1)CCCC2. The molecule has 2 aromatic carbocycles. The fourth-order valence-corrected chi connectivity index (χ4v) is 7.03. The standard InChI is InChI=1S/C25H22I2N2O3S/c1-15(30)32-23-17(11-18(26)12-20(23)27)14-29-25-22(19-9-5-6-10-21(19)33-25)24(31)28-13-16-7-3-2-4-8-16/h2-4,7-8,11-12,14H,5-6,9-10,13H2,1H3,(H,28,31). The van der Waals surface area contributed by atoms with Gasteiger partial charge in [-0.1, -0.05) is 30.3 Å². The average Bonchev–Trinajstić information content (AvgIpc) is 3.17. The molecule has 0 saturated heterocycles. The van der Waals surface area contributed by atoms with Crippen molar-refractivity contribution in [2.24, 2.45) is 4.99 Å². The van der Waals surface area contributed by atoms with Crippen molar-refractivity contribution >= 4 is 79.6 Å². The second-order valence-corrected chi connectivity index (χ2v) is 11.2. The van der Waals surface area contributed by atoms with Crippen LogP contribution >= 0.6 is 56.5 Å². The summed E-state index contributed by atoms with van der Waals surface area (Å²) in [6, 6.07) is 13.8. The molecule has 0 saturated carbocycles. The minimum absolute atomic E-state index is 0.0946. The molecular formula is C25H22I2N2O3S. The Morgan fingerprint density at radius 1 is 1.15 bits per heavy atom. The molecule has 0 unspecified atom stereocenters. The van der Waals surface area contributed by atoms with Gasteiger partial charge < -0.3 is 10.1 Å². The van der Waals surface area contributed by atoms with Crippen LogP contribution in [-0.2, 0) is 24.2 Å². The second kappa shape index (κ2) is 11.1. The number of aliphatic imine (C=N–C) groups is 1.